The second kappa shape index (κ2) is 6.06. The van der Waals surface area contributed by atoms with Crippen LogP contribution in [0.3, 0.4) is 0 Å². The average molecular weight is 299 g/mol. The Bertz CT molecular complexity index is 609. The zero-order valence-electron chi connectivity index (χ0n) is 11.5. The minimum atomic E-state index is -0.821. The van der Waals surface area contributed by atoms with Gasteiger partial charge in [-0.1, -0.05) is 6.07 Å². The second-order valence-corrected chi connectivity index (χ2v) is 6.78. The number of nitrogens with zero attached hydrogens (tertiary/aromatic N) is 2. The molecule has 0 radical (unpaired) electrons. The van der Waals surface area contributed by atoms with Gasteiger partial charge >= 0.3 is 0 Å². The molecule has 0 saturated heterocycles. The van der Waals surface area contributed by atoms with Crippen LogP contribution in [0.4, 0.5) is 0 Å². The number of aryl methyl sites for hydroxylation is 2. The third kappa shape index (κ3) is 3.18. The first-order chi connectivity index (χ1) is 9.02. The zero-order chi connectivity index (χ0) is 14.0. The van der Waals surface area contributed by atoms with Gasteiger partial charge in [0.25, 0.3) is 0 Å². The van der Waals surface area contributed by atoms with Crippen LogP contribution >= 0.6 is 11.6 Å². The Morgan fingerprint density at radius 2 is 2.21 bits per heavy atom. The van der Waals surface area contributed by atoms with Gasteiger partial charge in [-0.25, -0.2) is 4.98 Å². The number of hydrogen-bond donors (Lipinski definition) is 0. The number of aromatic nitrogens is 2. The molecule has 2 rings (SSSR count). The summed E-state index contributed by atoms with van der Waals surface area (Å²) < 4.78 is 13.6. The monoisotopic (exact) mass is 298 g/mol. The molecule has 0 aliphatic heterocycles. The summed E-state index contributed by atoms with van der Waals surface area (Å²) in [6.07, 6.45) is 2.47. The number of rotatable bonds is 5. The molecule has 2 atom stereocenters. The van der Waals surface area contributed by atoms with Crippen molar-refractivity contribution in [2.24, 2.45) is 0 Å². The number of benzene rings is 1. The molecule has 0 amide bonds. The Balaban J connectivity index is 2.54. The minimum absolute atomic E-state index is 0.164. The first kappa shape index (κ1) is 14.5. The summed E-state index contributed by atoms with van der Waals surface area (Å²) in [7, 11) is -0.821. The Labute approximate surface area is 121 Å². The Hall–Kier alpha value is -0.870. The van der Waals surface area contributed by atoms with Crippen molar-refractivity contribution in [1.82, 2.24) is 9.55 Å². The normalized spacial score (nSPS) is 14.7. The molecule has 0 spiro atoms. The summed E-state index contributed by atoms with van der Waals surface area (Å²) in [6.45, 7) is 4.14. The quantitative estimate of drug-likeness (QED) is 0.795. The summed E-state index contributed by atoms with van der Waals surface area (Å²) >= 11 is 5.86. The molecule has 3 nitrogen and oxygen atoms in total. The van der Waals surface area contributed by atoms with Gasteiger partial charge in [-0.2, -0.15) is 0 Å². The highest BCUT2D eigenvalue weighted by atomic mass is 35.5. The number of halogens is 1. The van der Waals surface area contributed by atoms with Crippen LogP contribution in [0, 0.1) is 6.92 Å². The van der Waals surface area contributed by atoms with E-state index in [0.29, 0.717) is 11.6 Å². The van der Waals surface area contributed by atoms with Gasteiger partial charge in [0, 0.05) is 41.2 Å². The second-order valence-electron chi connectivity index (χ2n) is 4.92. The van der Waals surface area contributed by atoms with Crippen molar-refractivity contribution in [2.45, 2.75) is 26.3 Å². The maximum atomic E-state index is 11.5. The molecule has 0 bridgehead atoms. The largest absolute Gasteiger partial charge is 0.324 e. The molecular weight excluding hydrogens is 280 g/mol. The first-order valence-corrected chi connectivity index (χ1v) is 8.62. The summed E-state index contributed by atoms with van der Waals surface area (Å²) in [6, 6.07) is 6.42. The summed E-state index contributed by atoms with van der Waals surface area (Å²) in [4.78, 5) is 4.67. The minimum Gasteiger partial charge on any atom is -0.324 e. The van der Waals surface area contributed by atoms with Crippen LogP contribution in [0.5, 0.6) is 0 Å². The SMILES string of the molecule is Cc1ccc2c(c1)nc(CCCl)n2C(C)CS(C)=O. The summed E-state index contributed by atoms with van der Waals surface area (Å²) in [5, 5.41) is 0. The molecule has 1 aromatic heterocycles. The van der Waals surface area contributed by atoms with Crippen LogP contribution in [-0.2, 0) is 17.2 Å². The van der Waals surface area contributed by atoms with Crippen molar-refractivity contribution >= 4 is 33.4 Å². The Kier molecular flexibility index (Phi) is 4.63. The van der Waals surface area contributed by atoms with Gasteiger partial charge in [-0.05, 0) is 31.5 Å². The van der Waals surface area contributed by atoms with E-state index in [1.165, 1.54) is 5.56 Å². The lowest BCUT2D eigenvalue weighted by atomic mass is 10.2. The van der Waals surface area contributed by atoms with Crippen molar-refractivity contribution in [3.8, 4) is 0 Å². The van der Waals surface area contributed by atoms with Crippen molar-refractivity contribution < 1.29 is 4.21 Å². The highest BCUT2D eigenvalue weighted by Gasteiger charge is 2.16. The van der Waals surface area contributed by atoms with Crippen LogP contribution in [0.25, 0.3) is 11.0 Å². The maximum absolute atomic E-state index is 11.5. The van der Waals surface area contributed by atoms with E-state index in [4.69, 9.17) is 11.6 Å². The highest BCUT2D eigenvalue weighted by Crippen LogP contribution is 2.23. The van der Waals surface area contributed by atoms with Crippen LogP contribution in [-0.4, -0.2) is 31.6 Å². The molecule has 0 aliphatic carbocycles. The molecule has 104 valence electrons. The van der Waals surface area contributed by atoms with Gasteiger partial charge in [0.2, 0.25) is 0 Å². The predicted octanol–water partition coefficient (Wildman–Crippen LogP) is 3.07. The lowest BCUT2D eigenvalue weighted by molar-refractivity contribution is 0.587. The average Bonchev–Trinajstić information content (AvgIpc) is 2.65. The molecule has 0 N–H and O–H groups in total. The van der Waals surface area contributed by atoms with Gasteiger partial charge in [-0.15, -0.1) is 11.6 Å². The van der Waals surface area contributed by atoms with E-state index in [1.54, 1.807) is 6.26 Å². The fourth-order valence-electron chi connectivity index (χ4n) is 2.43. The van der Waals surface area contributed by atoms with Crippen LogP contribution in [0.1, 0.15) is 24.4 Å². The third-order valence-corrected chi connectivity index (χ3v) is 4.29. The highest BCUT2D eigenvalue weighted by molar-refractivity contribution is 7.84. The molecule has 19 heavy (non-hydrogen) atoms. The molecule has 0 aliphatic rings. The molecule has 1 aromatic carbocycles. The van der Waals surface area contributed by atoms with E-state index < -0.39 is 10.8 Å². The van der Waals surface area contributed by atoms with E-state index in [1.807, 2.05) is 0 Å². The van der Waals surface area contributed by atoms with E-state index in [0.717, 1.165) is 23.3 Å². The van der Waals surface area contributed by atoms with Crippen molar-refractivity contribution in [3.05, 3.63) is 29.6 Å². The number of fused-ring (bicyclic) bond motifs is 1. The zero-order valence-corrected chi connectivity index (χ0v) is 13.1. The van der Waals surface area contributed by atoms with Crippen molar-refractivity contribution in [2.75, 3.05) is 17.9 Å². The van der Waals surface area contributed by atoms with Crippen molar-refractivity contribution in [1.29, 1.82) is 0 Å². The maximum Gasteiger partial charge on any atom is 0.111 e. The standard InChI is InChI=1S/C14H19ClN2OS/c1-10-4-5-13-12(8-10)16-14(6-7-15)17(13)11(2)9-19(3)18/h4-5,8,11H,6-7,9H2,1-3H3. The van der Waals surface area contributed by atoms with Gasteiger partial charge in [-0.3, -0.25) is 4.21 Å². The number of imidazole rings is 1. The van der Waals surface area contributed by atoms with E-state index in [-0.39, 0.29) is 6.04 Å². The van der Waals surface area contributed by atoms with Crippen LogP contribution < -0.4 is 0 Å². The smallest absolute Gasteiger partial charge is 0.111 e. The van der Waals surface area contributed by atoms with E-state index >= 15 is 0 Å². The first-order valence-electron chi connectivity index (χ1n) is 6.36. The number of alkyl halides is 1. The Morgan fingerprint density at radius 1 is 1.47 bits per heavy atom. The molecule has 2 unspecified atom stereocenters. The molecule has 1 heterocycles. The van der Waals surface area contributed by atoms with Gasteiger partial charge in [0.1, 0.15) is 5.82 Å². The summed E-state index contributed by atoms with van der Waals surface area (Å²) in [5.41, 5.74) is 3.29. The molecule has 2 aromatic rings. The van der Waals surface area contributed by atoms with E-state index in [2.05, 4.69) is 41.6 Å². The van der Waals surface area contributed by atoms with Gasteiger partial charge < -0.3 is 4.57 Å². The molecule has 5 heteroatoms. The summed E-state index contributed by atoms with van der Waals surface area (Å²) in [5.74, 6) is 2.16. The van der Waals surface area contributed by atoms with Gasteiger partial charge in [0.15, 0.2) is 0 Å². The topological polar surface area (TPSA) is 34.9 Å². The fourth-order valence-corrected chi connectivity index (χ4v) is 3.42. The van der Waals surface area contributed by atoms with Crippen LogP contribution in [0.2, 0.25) is 0 Å². The van der Waals surface area contributed by atoms with Crippen LogP contribution in [0.15, 0.2) is 18.2 Å². The molecule has 0 fully saturated rings. The van der Waals surface area contributed by atoms with Crippen molar-refractivity contribution in [3.63, 3.8) is 0 Å². The lowest BCUT2D eigenvalue weighted by Gasteiger charge is -2.16. The molecule has 0 saturated carbocycles. The predicted molar refractivity (Wildman–Crippen MR) is 82.5 cm³/mol. The number of hydrogen-bond acceptors (Lipinski definition) is 2. The molecular formula is C14H19ClN2OS. The third-order valence-electron chi connectivity index (χ3n) is 3.15. The van der Waals surface area contributed by atoms with Gasteiger partial charge in [0.05, 0.1) is 11.0 Å². The lowest BCUT2D eigenvalue weighted by Crippen LogP contribution is -2.15. The van der Waals surface area contributed by atoms with E-state index in [9.17, 15) is 4.21 Å². The Morgan fingerprint density at radius 3 is 2.84 bits per heavy atom. The fraction of sp³-hybridized carbons (Fsp3) is 0.500.